The summed E-state index contributed by atoms with van der Waals surface area (Å²) in [5.41, 5.74) is -0.747. The molecule has 1 unspecified atom stereocenters. The number of ether oxygens (including phenoxy) is 1. The van der Waals surface area contributed by atoms with E-state index in [0.717, 1.165) is 3.58 Å². The van der Waals surface area contributed by atoms with Gasteiger partial charge in [0.2, 0.25) is 0 Å². The minimum absolute atomic E-state index is 0.124. The molecule has 1 atom stereocenters. The lowest BCUT2D eigenvalue weighted by atomic mass is 9.91. The van der Waals surface area contributed by atoms with E-state index in [4.69, 9.17) is 4.74 Å². The summed E-state index contributed by atoms with van der Waals surface area (Å²) in [5.74, 6) is -0.314. The molecule has 0 aliphatic carbocycles. The maximum atomic E-state index is 10.9. The van der Waals surface area contributed by atoms with Gasteiger partial charge >= 0.3 is 5.97 Å². The van der Waals surface area contributed by atoms with Crippen LogP contribution >= 0.6 is 20.7 Å². The molecule has 2 heterocycles. The van der Waals surface area contributed by atoms with Crippen molar-refractivity contribution in [1.29, 1.82) is 0 Å². The van der Waals surface area contributed by atoms with Crippen LogP contribution in [0.25, 0.3) is 0 Å². The van der Waals surface area contributed by atoms with Crippen molar-refractivity contribution in [2.45, 2.75) is 18.4 Å². The van der Waals surface area contributed by atoms with Crippen LogP contribution in [0.15, 0.2) is 8.76 Å². The zero-order valence-corrected chi connectivity index (χ0v) is 8.33. The second-order valence-electron chi connectivity index (χ2n) is 2.77. The minimum Gasteiger partial charge on any atom is -0.465 e. The lowest BCUT2D eigenvalue weighted by Crippen LogP contribution is -2.36. The van der Waals surface area contributed by atoms with Gasteiger partial charge in [-0.3, -0.25) is 4.79 Å². The number of carbonyl (C=O) groups excluding carboxylic acids is 1. The highest BCUT2D eigenvalue weighted by Gasteiger charge is 2.44. The van der Waals surface area contributed by atoms with Crippen molar-refractivity contribution < 1.29 is 9.53 Å². The first-order valence-corrected chi connectivity index (χ1v) is 5.70. The monoisotopic (exact) mass is 279 g/mol. The Morgan fingerprint density at radius 1 is 1.67 bits per heavy atom. The van der Waals surface area contributed by atoms with Gasteiger partial charge in [-0.25, -0.2) is 0 Å². The van der Waals surface area contributed by atoms with E-state index >= 15 is 0 Å². The van der Waals surface area contributed by atoms with Gasteiger partial charge in [0.1, 0.15) is 0 Å². The Labute approximate surface area is 78.7 Å². The van der Waals surface area contributed by atoms with Crippen molar-refractivity contribution >= 4 is 30.4 Å². The van der Waals surface area contributed by atoms with Crippen LogP contribution < -0.4 is 0 Å². The van der Waals surface area contributed by atoms with Crippen LogP contribution in [0.1, 0.15) is 12.8 Å². The smallest absolute Gasteiger partial charge is 0.308 e. The fourth-order valence-corrected chi connectivity index (χ4v) is 2.91. The SMILES string of the molecule is O=NC1(C2=C=I2)CCOC(=O)C1. The van der Waals surface area contributed by atoms with Crippen molar-refractivity contribution in [1.82, 2.24) is 0 Å². The molecule has 0 aromatic heterocycles. The largest absolute Gasteiger partial charge is 0.465 e. The Balaban J connectivity index is 2.20. The zero-order chi connectivity index (χ0) is 8.60. The van der Waals surface area contributed by atoms with Crippen LogP contribution in [0, 0.1) is 4.91 Å². The van der Waals surface area contributed by atoms with Gasteiger partial charge in [-0.15, -0.1) is 4.91 Å². The Bertz CT molecular complexity index is 319. The van der Waals surface area contributed by atoms with Gasteiger partial charge in [-0.1, -0.05) is 8.84 Å². The summed E-state index contributed by atoms with van der Waals surface area (Å²) < 4.78 is 8.78. The van der Waals surface area contributed by atoms with Crippen LogP contribution in [-0.2, 0) is 9.53 Å². The number of hydrogen-bond donors (Lipinski definition) is 0. The van der Waals surface area contributed by atoms with Gasteiger partial charge in [0.15, 0.2) is 5.54 Å². The highest BCUT2D eigenvalue weighted by atomic mass is 127. The normalized spacial score (nSPS) is 33.0. The first-order chi connectivity index (χ1) is 5.77. The van der Waals surface area contributed by atoms with Crippen molar-refractivity contribution in [3.8, 4) is 0 Å². The standard InChI is InChI=1S/C7H6INO3/c10-6-3-7(9-11,1-2-12-6)5-4-8-5/h1-3H2. The molecule has 0 bridgehead atoms. The predicted molar refractivity (Wildman–Crippen MR) is 51.3 cm³/mol. The Kier molecular flexibility index (Phi) is 1.84. The van der Waals surface area contributed by atoms with Gasteiger partial charge in [0.25, 0.3) is 0 Å². The molecule has 0 spiro atoms. The van der Waals surface area contributed by atoms with E-state index in [1.807, 2.05) is 0 Å². The van der Waals surface area contributed by atoms with Crippen molar-refractivity contribution in [3.63, 3.8) is 0 Å². The summed E-state index contributed by atoms with van der Waals surface area (Å²) in [6.07, 6.45) is 0.669. The molecule has 5 heteroatoms. The van der Waals surface area contributed by atoms with Crippen LogP contribution in [0.3, 0.4) is 0 Å². The molecule has 1 saturated heterocycles. The van der Waals surface area contributed by atoms with E-state index in [1.54, 1.807) is 0 Å². The summed E-state index contributed by atoms with van der Waals surface area (Å²) in [7, 11) is 0. The van der Waals surface area contributed by atoms with E-state index in [2.05, 4.69) is 8.84 Å². The number of halogens is 1. The molecule has 2 aliphatic rings. The summed E-state index contributed by atoms with van der Waals surface area (Å²) in [4.78, 5) is 21.5. The molecule has 0 saturated carbocycles. The number of esters is 1. The molecule has 2 rings (SSSR count). The maximum Gasteiger partial charge on any atom is 0.308 e. The van der Waals surface area contributed by atoms with E-state index in [9.17, 15) is 9.70 Å². The number of nitroso groups, excluding NO2 is 1. The minimum atomic E-state index is -0.747. The lowest BCUT2D eigenvalue weighted by Gasteiger charge is -2.26. The summed E-state index contributed by atoms with van der Waals surface area (Å²) >= 11 is -0.161. The van der Waals surface area contributed by atoms with Gasteiger partial charge < -0.3 is 4.74 Å². The van der Waals surface area contributed by atoms with Crippen molar-refractivity contribution in [2.75, 3.05) is 6.61 Å². The number of cyclic esters (lactones) is 1. The molecule has 2 aliphatic heterocycles. The molecule has 4 nitrogen and oxygen atoms in total. The number of hydrogen-bond acceptors (Lipinski definition) is 4. The second kappa shape index (κ2) is 2.74. The average molecular weight is 279 g/mol. The fourth-order valence-electron chi connectivity index (χ4n) is 1.22. The van der Waals surface area contributed by atoms with Crippen molar-refractivity contribution in [3.05, 3.63) is 8.49 Å². The molecule has 12 heavy (non-hydrogen) atoms. The number of carbonyl (C=O) groups is 1. The summed E-state index contributed by atoms with van der Waals surface area (Å²) in [5, 5.41) is 3.07. The third-order valence-electron chi connectivity index (χ3n) is 1.99. The maximum absolute atomic E-state index is 10.9. The van der Waals surface area contributed by atoms with E-state index in [1.165, 1.54) is 0 Å². The number of rotatable bonds is 2. The van der Waals surface area contributed by atoms with Crippen LogP contribution in [0.4, 0.5) is 0 Å². The van der Waals surface area contributed by atoms with Gasteiger partial charge in [-0.2, -0.15) is 0 Å². The highest BCUT2D eigenvalue weighted by Crippen LogP contribution is 2.43. The Hall–Kier alpha value is -0.550. The Morgan fingerprint density at radius 2 is 2.42 bits per heavy atom. The van der Waals surface area contributed by atoms with Crippen LogP contribution in [0.2, 0.25) is 0 Å². The second-order valence-corrected chi connectivity index (χ2v) is 4.93. The molecule has 1 fully saturated rings. The summed E-state index contributed by atoms with van der Waals surface area (Å²) in [6.45, 7) is 0.319. The molecular formula is C7H6INO3. The molecular weight excluding hydrogens is 273 g/mol. The quantitative estimate of drug-likeness (QED) is 0.432. The van der Waals surface area contributed by atoms with Crippen LogP contribution in [-0.4, -0.2) is 21.8 Å². The first-order valence-electron chi connectivity index (χ1n) is 3.54. The fraction of sp³-hybridized carbons (Fsp3) is 0.571. The van der Waals surface area contributed by atoms with E-state index in [-0.39, 0.29) is 33.1 Å². The predicted octanol–water partition coefficient (Wildman–Crippen LogP) is 1.10. The third kappa shape index (κ3) is 1.23. The topological polar surface area (TPSA) is 55.7 Å². The molecule has 0 aromatic carbocycles. The molecule has 0 N–H and O–H groups in total. The molecule has 0 amide bonds. The van der Waals surface area contributed by atoms with Crippen LogP contribution in [0.5, 0.6) is 0 Å². The van der Waals surface area contributed by atoms with Gasteiger partial charge in [0, 0.05) is 6.42 Å². The van der Waals surface area contributed by atoms with Gasteiger partial charge in [-0.05, 0) is 20.7 Å². The first kappa shape index (κ1) is 8.07. The summed E-state index contributed by atoms with van der Waals surface area (Å²) in [6, 6.07) is 0. The zero-order valence-electron chi connectivity index (χ0n) is 6.17. The highest BCUT2D eigenvalue weighted by molar-refractivity contribution is 14.2. The molecule has 64 valence electrons. The van der Waals surface area contributed by atoms with Crippen molar-refractivity contribution in [2.24, 2.45) is 5.18 Å². The van der Waals surface area contributed by atoms with Gasteiger partial charge in [0.05, 0.1) is 16.6 Å². The third-order valence-corrected chi connectivity index (χ3v) is 4.07. The average Bonchev–Trinajstić information content (AvgIpc) is 2.86. The Morgan fingerprint density at radius 3 is 2.92 bits per heavy atom. The number of nitrogens with zero attached hydrogens (tertiary/aromatic N) is 1. The molecule has 0 aromatic rings. The molecule has 0 radical (unpaired) electrons. The van der Waals surface area contributed by atoms with E-state index in [0.29, 0.717) is 13.0 Å². The lowest BCUT2D eigenvalue weighted by molar-refractivity contribution is -0.148. The van der Waals surface area contributed by atoms with E-state index < -0.39 is 5.54 Å².